The van der Waals surface area contributed by atoms with Crippen molar-refractivity contribution in [3.05, 3.63) is 30.1 Å². The van der Waals surface area contributed by atoms with Crippen molar-refractivity contribution in [1.82, 2.24) is 0 Å². The second-order valence-corrected chi connectivity index (χ2v) is 6.34. The number of ketones is 1. The van der Waals surface area contributed by atoms with Gasteiger partial charge in [0.05, 0.1) is 5.75 Å². The van der Waals surface area contributed by atoms with Crippen molar-refractivity contribution >= 4 is 17.5 Å². The third-order valence-electron chi connectivity index (χ3n) is 4.02. The average Bonchev–Trinajstić information content (AvgIpc) is 2.46. The maximum Gasteiger partial charge on any atom is 0.146 e. The Kier molecular flexibility index (Phi) is 5.44. The van der Waals surface area contributed by atoms with Gasteiger partial charge in [-0.3, -0.25) is 4.79 Å². The number of benzene rings is 1. The van der Waals surface area contributed by atoms with E-state index in [-0.39, 0.29) is 11.7 Å². The van der Waals surface area contributed by atoms with Gasteiger partial charge in [-0.2, -0.15) is 0 Å². The van der Waals surface area contributed by atoms with Crippen molar-refractivity contribution < 1.29 is 9.18 Å². The molecule has 2 atom stereocenters. The molecule has 1 aliphatic rings. The van der Waals surface area contributed by atoms with Gasteiger partial charge >= 0.3 is 0 Å². The van der Waals surface area contributed by atoms with E-state index >= 15 is 0 Å². The molecule has 0 radical (unpaired) electrons. The predicted octanol–water partition coefficient (Wildman–Crippen LogP) is 4.70. The molecule has 19 heavy (non-hydrogen) atoms. The number of Topliss-reactive ketones (excluding diaryl/α,β-unsaturated/α-hetero) is 1. The first-order valence-corrected chi connectivity index (χ1v) is 8.09. The summed E-state index contributed by atoms with van der Waals surface area (Å²) in [6, 6.07) is 6.67. The van der Waals surface area contributed by atoms with Crippen LogP contribution in [0.15, 0.2) is 29.2 Å². The highest BCUT2D eigenvalue weighted by atomic mass is 32.2. The fraction of sp³-hybridized carbons (Fsp3) is 0.562. The first-order chi connectivity index (χ1) is 9.20. The second-order valence-electron chi connectivity index (χ2n) is 5.32. The van der Waals surface area contributed by atoms with Gasteiger partial charge in [-0.15, -0.1) is 11.8 Å². The number of carbonyl (C=O) groups excluding carboxylic acids is 1. The Morgan fingerprint density at radius 2 is 2.16 bits per heavy atom. The number of thioether (sulfide) groups is 1. The van der Waals surface area contributed by atoms with E-state index in [1.807, 2.05) is 6.07 Å². The molecule has 2 rings (SSSR count). The molecule has 0 saturated heterocycles. The highest BCUT2D eigenvalue weighted by molar-refractivity contribution is 8.00. The van der Waals surface area contributed by atoms with Gasteiger partial charge in [-0.25, -0.2) is 4.39 Å². The van der Waals surface area contributed by atoms with Crippen LogP contribution in [0.3, 0.4) is 0 Å². The van der Waals surface area contributed by atoms with Crippen LogP contribution in [0.4, 0.5) is 4.39 Å². The lowest BCUT2D eigenvalue weighted by atomic mass is 9.78. The van der Waals surface area contributed by atoms with Crippen LogP contribution in [-0.2, 0) is 4.79 Å². The van der Waals surface area contributed by atoms with Gasteiger partial charge in [-0.1, -0.05) is 38.3 Å². The highest BCUT2D eigenvalue weighted by Crippen LogP contribution is 2.33. The third-order valence-corrected chi connectivity index (χ3v) is 5.09. The van der Waals surface area contributed by atoms with Gasteiger partial charge in [0.15, 0.2) is 0 Å². The standard InChI is InChI=1S/C16H21FOS/c1-2-12-6-5-7-13(10-12)15(18)11-19-16-9-4-3-8-14(16)17/h3-4,8-9,12-13H,2,5-7,10-11H2,1H3. The number of rotatable bonds is 5. The van der Waals surface area contributed by atoms with Crippen LogP contribution in [0.5, 0.6) is 0 Å². The quantitative estimate of drug-likeness (QED) is 0.727. The Labute approximate surface area is 119 Å². The zero-order valence-corrected chi connectivity index (χ0v) is 12.2. The summed E-state index contributed by atoms with van der Waals surface area (Å²) in [5.74, 6) is 1.39. The molecule has 0 bridgehead atoms. The van der Waals surface area contributed by atoms with Crippen molar-refractivity contribution in [2.24, 2.45) is 11.8 Å². The maximum atomic E-state index is 13.5. The summed E-state index contributed by atoms with van der Waals surface area (Å²) in [7, 11) is 0. The summed E-state index contributed by atoms with van der Waals surface area (Å²) >= 11 is 1.33. The van der Waals surface area contributed by atoms with Crippen molar-refractivity contribution in [3.63, 3.8) is 0 Å². The summed E-state index contributed by atoms with van der Waals surface area (Å²) < 4.78 is 13.5. The van der Waals surface area contributed by atoms with E-state index in [4.69, 9.17) is 0 Å². The van der Waals surface area contributed by atoms with Crippen molar-refractivity contribution in [1.29, 1.82) is 0 Å². The van der Waals surface area contributed by atoms with Gasteiger partial charge in [-0.05, 0) is 30.9 Å². The van der Waals surface area contributed by atoms with E-state index < -0.39 is 0 Å². The molecule has 0 spiro atoms. The number of halogens is 1. The number of hydrogen-bond donors (Lipinski definition) is 0. The van der Waals surface area contributed by atoms with Crippen molar-refractivity contribution in [2.75, 3.05) is 5.75 Å². The summed E-state index contributed by atoms with van der Waals surface area (Å²) in [6.07, 6.45) is 5.66. The monoisotopic (exact) mass is 280 g/mol. The molecule has 2 unspecified atom stereocenters. The van der Waals surface area contributed by atoms with Gasteiger partial charge in [0.2, 0.25) is 0 Å². The first-order valence-electron chi connectivity index (χ1n) is 7.10. The Morgan fingerprint density at radius 3 is 2.89 bits per heavy atom. The van der Waals surface area contributed by atoms with Crippen LogP contribution in [0, 0.1) is 17.7 Å². The molecule has 1 aliphatic carbocycles. The topological polar surface area (TPSA) is 17.1 Å². The minimum atomic E-state index is -0.227. The Bertz CT molecular complexity index is 433. The van der Waals surface area contributed by atoms with E-state index in [2.05, 4.69) is 6.92 Å². The normalized spacial score (nSPS) is 23.3. The second kappa shape index (κ2) is 7.09. The summed E-state index contributed by atoms with van der Waals surface area (Å²) in [5, 5.41) is 0. The molecular weight excluding hydrogens is 259 g/mol. The van der Waals surface area contributed by atoms with Crippen molar-refractivity contribution in [3.8, 4) is 0 Å². The van der Waals surface area contributed by atoms with Crippen LogP contribution in [0.1, 0.15) is 39.0 Å². The maximum absolute atomic E-state index is 13.5. The molecule has 0 heterocycles. The SMILES string of the molecule is CCC1CCCC(C(=O)CSc2ccccc2F)C1. The van der Waals surface area contributed by atoms with E-state index in [9.17, 15) is 9.18 Å². The Balaban J connectivity index is 1.86. The average molecular weight is 280 g/mol. The molecule has 1 aromatic rings. The molecular formula is C16H21FOS. The van der Waals surface area contributed by atoms with Crippen molar-refractivity contribution in [2.45, 2.75) is 43.9 Å². The predicted molar refractivity (Wildman–Crippen MR) is 77.9 cm³/mol. The molecule has 1 nitrogen and oxygen atoms in total. The van der Waals surface area contributed by atoms with Crippen LogP contribution in [-0.4, -0.2) is 11.5 Å². The Hall–Kier alpha value is -0.830. The zero-order chi connectivity index (χ0) is 13.7. The molecule has 0 aromatic heterocycles. The minimum absolute atomic E-state index is 0.206. The van der Waals surface area contributed by atoms with E-state index in [0.717, 1.165) is 12.8 Å². The van der Waals surface area contributed by atoms with Gasteiger partial charge in [0.25, 0.3) is 0 Å². The van der Waals surface area contributed by atoms with Crippen LogP contribution in [0.25, 0.3) is 0 Å². The highest BCUT2D eigenvalue weighted by Gasteiger charge is 2.26. The summed E-state index contributed by atoms with van der Waals surface area (Å²) in [5.41, 5.74) is 0. The lowest BCUT2D eigenvalue weighted by molar-refractivity contribution is -0.121. The minimum Gasteiger partial charge on any atom is -0.298 e. The van der Waals surface area contributed by atoms with Gasteiger partial charge in [0, 0.05) is 10.8 Å². The summed E-state index contributed by atoms with van der Waals surface area (Å²) in [6.45, 7) is 2.20. The fourth-order valence-electron chi connectivity index (χ4n) is 2.78. The zero-order valence-electron chi connectivity index (χ0n) is 11.4. The lowest BCUT2D eigenvalue weighted by Gasteiger charge is -2.27. The largest absolute Gasteiger partial charge is 0.298 e. The third kappa shape index (κ3) is 4.07. The van der Waals surface area contributed by atoms with Crippen LogP contribution < -0.4 is 0 Å². The molecule has 0 aliphatic heterocycles. The number of hydrogen-bond acceptors (Lipinski definition) is 2. The molecule has 0 N–H and O–H groups in total. The molecule has 3 heteroatoms. The smallest absolute Gasteiger partial charge is 0.146 e. The van der Waals surface area contributed by atoms with E-state index in [0.29, 0.717) is 22.3 Å². The Morgan fingerprint density at radius 1 is 1.37 bits per heavy atom. The lowest BCUT2D eigenvalue weighted by Crippen LogP contribution is -2.24. The summed E-state index contributed by atoms with van der Waals surface area (Å²) in [4.78, 5) is 12.8. The molecule has 1 fully saturated rings. The van der Waals surface area contributed by atoms with E-state index in [1.54, 1.807) is 12.1 Å². The van der Waals surface area contributed by atoms with E-state index in [1.165, 1.54) is 37.1 Å². The van der Waals surface area contributed by atoms with Gasteiger partial charge < -0.3 is 0 Å². The van der Waals surface area contributed by atoms with Gasteiger partial charge in [0.1, 0.15) is 11.6 Å². The van der Waals surface area contributed by atoms with Crippen LogP contribution in [0.2, 0.25) is 0 Å². The number of carbonyl (C=O) groups is 1. The fourth-order valence-corrected chi connectivity index (χ4v) is 3.70. The first kappa shape index (κ1) is 14.6. The molecule has 1 saturated carbocycles. The molecule has 1 aromatic carbocycles. The molecule has 0 amide bonds. The van der Waals surface area contributed by atoms with Crippen LogP contribution >= 0.6 is 11.8 Å². The molecule has 104 valence electrons.